The van der Waals surface area contributed by atoms with Gasteiger partial charge in [-0.15, -0.1) is 11.3 Å². The van der Waals surface area contributed by atoms with Crippen molar-refractivity contribution in [2.45, 2.75) is 6.10 Å². The van der Waals surface area contributed by atoms with Crippen LogP contribution in [0, 0.1) is 5.82 Å². The number of halogens is 3. The van der Waals surface area contributed by atoms with Crippen LogP contribution >= 0.6 is 38.9 Å². The summed E-state index contributed by atoms with van der Waals surface area (Å²) in [6.07, 6.45) is -0.905. The van der Waals surface area contributed by atoms with E-state index >= 15 is 0 Å². The molecule has 84 valence electrons. The Labute approximate surface area is 110 Å². The summed E-state index contributed by atoms with van der Waals surface area (Å²) in [5, 5.41) is 11.9. The topological polar surface area (TPSA) is 20.2 Å². The second-order valence-electron chi connectivity index (χ2n) is 3.18. The summed E-state index contributed by atoms with van der Waals surface area (Å²) in [4.78, 5) is 0.715. The predicted molar refractivity (Wildman–Crippen MR) is 67.5 cm³/mol. The molecule has 0 saturated heterocycles. The lowest BCUT2D eigenvalue weighted by Gasteiger charge is -2.12. The standard InChI is InChI=1S/C11H7BrClFOS/c12-7-4-5-16-11(7)10(15)6-2-1-3-8(14)9(6)13/h1-5,10,15H. The molecule has 2 aromatic rings. The average Bonchev–Trinajstić information content (AvgIpc) is 2.68. The molecule has 0 aliphatic carbocycles. The lowest BCUT2D eigenvalue weighted by Crippen LogP contribution is -2.00. The monoisotopic (exact) mass is 320 g/mol. The van der Waals surface area contributed by atoms with Crippen molar-refractivity contribution in [2.24, 2.45) is 0 Å². The quantitative estimate of drug-likeness (QED) is 0.870. The largest absolute Gasteiger partial charge is 0.383 e. The maximum Gasteiger partial charge on any atom is 0.142 e. The van der Waals surface area contributed by atoms with Gasteiger partial charge in [-0.3, -0.25) is 0 Å². The first-order chi connectivity index (χ1) is 7.61. The molecule has 0 aliphatic rings. The van der Waals surface area contributed by atoms with Gasteiger partial charge >= 0.3 is 0 Å². The molecule has 0 radical (unpaired) electrons. The van der Waals surface area contributed by atoms with Crippen LogP contribution in [0.1, 0.15) is 16.5 Å². The fraction of sp³-hybridized carbons (Fsp3) is 0.0909. The van der Waals surface area contributed by atoms with Gasteiger partial charge in [-0.2, -0.15) is 0 Å². The van der Waals surface area contributed by atoms with Crippen molar-refractivity contribution in [1.29, 1.82) is 0 Å². The number of rotatable bonds is 2. The van der Waals surface area contributed by atoms with Gasteiger partial charge in [-0.05, 0) is 33.4 Å². The third-order valence-corrected chi connectivity index (χ3v) is 4.49. The van der Waals surface area contributed by atoms with E-state index < -0.39 is 11.9 Å². The zero-order valence-electron chi connectivity index (χ0n) is 7.95. The Bertz CT molecular complexity index is 514. The van der Waals surface area contributed by atoms with Crippen LogP contribution in [0.3, 0.4) is 0 Å². The maximum absolute atomic E-state index is 13.2. The number of hydrogen-bond donors (Lipinski definition) is 1. The van der Waals surface area contributed by atoms with Crippen LogP contribution in [0.4, 0.5) is 4.39 Å². The van der Waals surface area contributed by atoms with E-state index in [9.17, 15) is 9.50 Å². The Morgan fingerprint density at radius 3 is 2.75 bits per heavy atom. The molecule has 1 unspecified atom stereocenters. The number of hydrogen-bond acceptors (Lipinski definition) is 2. The molecule has 1 nitrogen and oxygen atoms in total. The fourth-order valence-corrected chi connectivity index (χ4v) is 3.19. The van der Waals surface area contributed by atoms with Crippen molar-refractivity contribution in [3.63, 3.8) is 0 Å². The van der Waals surface area contributed by atoms with Gasteiger partial charge in [0, 0.05) is 10.0 Å². The van der Waals surface area contributed by atoms with Gasteiger partial charge in [-0.1, -0.05) is 23.7 Å². The average molecular weight is 322 g/mol. The van der Waals surface area contributed by atoms with Gasteiger partial charge in [0.05, 0.1) is 9.90 Å². The lowest BCUT2D eigenvalue weighted by molar-refractivity contribution is 0.223. The van der Waals surface area contributed by atoms with Crippen molar-refractivity contribution in [2.75, 3.05) is 0 Å². The number of aliphatic hydroxyl groups excluding tert-OH is 1. The second-order valence-corrected chi connectivity index (χ2v) is 5.36. The summed E-state index contributed by atoms with van der Waals surface area (Å²) < 4.78 is 14.0. The van der Waals surface area contributed by atoms with Crippen LogP contribution in [-0.4, -0.2) is 5.11 Å². The normalized spacial score (nSPS) is 12.8. The molecule has 1 aromatic carbocycles. The van der Waals surface area contributed by atoms with Crippen LogP contribution in [-0.2, 0) is 0 Å². The molecule has 0 spiro atoms. The molecular weight excluding hydrogens is 315 g/mol. The zero-order chi connectivity index (χ0) is 11.7. The molecule has 0 amide bonds. The van der Waals surface area contributed by atoms with Gasteiger partial charge in [0.25, 0.3) is 0 Å². The highest BCUT2D eigenvalue weighted by Crippen LogP contribution is 2.36. The molecule has 1 aromatic heterocycles. The summed E-state index contributed by atoms with van der Waals surface area (Å²) in [6, 6.07) is 6.24. The fourth-order valence-electron chi connectivity index (χ4n) is 1.37. The van der Waals surface area contributed by atoms with E-state index in [4.69, 9.17) is 11.6 Å². The van der Waals surface area contributed by atoms with E-state index in [0.717, 1.165) is 4.47 Å². The highest BCUT2D eigenvalue weighted by atomic mass is 79.9. The van der Waals surface area contributed by atoms with Crippen molar-refractivity contribution in [3.8, 4) is 0 Å². The van der Waals surface area contributed by atoms with Crippen molar-refractivity contribution < 1.29 is 9.50 Å². The minimum absolute atomic E-state index is 0.0321. The third-order valence-electron chi connectivity index (χ3n) is 2.17. The van der Waals surface area contributed by atoms with Crippen LogP contribution < -0.4 is 0 Å². The molecule has 0 aliphatic heterocycles. The van der Waals surface area contributed by atoms with E-state index in [1.807, 2.05) is 11.4 Å². The van der Waals surface area contributed by atoms with E-state index in [1.165, 1.54) is 23.5 Å². The number of thiophene rings is 1. The van der Waals surface area contributed by atoms with Crippen LogP contribution in [0.5, 0.6) is 0 Å². The van der Waals surface area contributed by atoms with Crippen LogP contribution in [0.25, 0.3) is 0 Å². The van der Waals surface area contributed by atoms with Crippen molar-refractivity contribution >= 4 is 38.9 Å². The molecule has 0 bridgehead atoms. The van der Waals surface area contributed by atoms with E-state index in [-0.39, 0.29) is 5.02 Å². The zero-order valence-corrected chi connectivity index (χ0v) is 11.1. The summed E-state index contributed by atoms with van der Waals surface area (Å²) >= 11 is 10.5. The molecule has 1 N–H and O–H groups in total. The Hall–Kier alpha value is -0.420. The maximum atomic E-state index is 13.2. The first kappa shape index (κ1) is 12.0. The highest BCUT2D eigenvalue weighted by molar-refractivity contribution is 9.10. The molecular formula is C11H7BrClFOS. The minimum Gasteiger partial charge on any atom is -0.383 e. The molecule has 2 rings (SSSR count). The molecule has 16 heavy (non-hydrogen) atoms. The lowest BCUT2D eigenvalue weighted by atomic mass is 10.1. The molecule has 1 atom stereocenters. The Morgan fingerprint density at radius 2 is 2.12 bits per heavy atom. The van der Waals surface area contributed by atoms with Crippen molar-refractivity contribution in [1.82, 2.24) is 0 Å². The van der Waals surface area contributed by atoms with E-state index in [0.29, 0.717) is 10.4 Å². The van der Waals surface area contributed by atoms with E-state index in [2.05, 4.69) is 15.9 Å². The van der Waals surface area contributed by atoms with Gasteiger partial charge in [0.1, 0.15) is 11.9 Å². The SMILES string of the molecule is OC(c1cccc(F)c1Cl)c1sccc1Br. The molecule has 0 fully saturated rings. The number of benzene rings is 1. The predicted octanol–water partition coefficient (Wildman–Crippen LogP) is 4.38. The van der Waals surface area contributed by atoms with Crippen LogP contribution in [0.15, 0.2) is 34.1 Å². The van der Waals surface area contributed by atoms with Crippen LogP contribution in [0.2, 0.25) is 5.02 Å². The molecule has 0 saturated carbocycles. The second kappa shape index (κ2) is 4.84. The molecule has 5 heteroatoms. The first-order valence-corrected chi connectivity index (χ1v) is 6.51. The minimum atomic E-state index is -0.905. The van der Waals surface area contributed by atoms with Gasteiger partial charge < -0.3 is 5.11 Å². The number of aliphatic hydroxyl groups is 1. The third kappa shape index (κ3) is 2.15. The highest BCUT2D eigenvalue weighted by Gasteiger charge is 2.19. The Kier molecular flexibility index (Phi) is 3.64. The smallest absolute Gasteiger partial charge is 0.142 e. The van der Waals surface area contributed by atoms with Gasteiger partial charge in [0.15, 0.2) is 0 Å². The molecule has 1 heterocycles. The van der Waals surface area contributed by atoms with Gasteiger partial charge in [-0.25, -0.2) is 4.39 Å². The van der Waals surface area contributed by atoms with Gasteiger partial charge in [0.2, 0.25) is 0 Å². The summed E-state index contributed by atoms with van der Waals surface area (Å²) in [5.74, 6) is -0.522. The van der Waals surface area contributed by atoms with Crippen molar-refractivity contribution in [3.05, 3.63) is 55.4 Å². The first-order valence-electron chi connectivity index (χ1n) is 4.46. The summed E-state index contributed by atoms with van der Waals surface area (Å²) in [5.41, 5.74) is 0.379. The Balaban J connectivity index is 2.46. The summed E-state index contributed by atoms with van der Waals surface area (Å²) in [6.45, 7) is 0. The Morgan fingerprint density at radius 1 is 1.38 bits per heavy atom. The summed E-state index contributed by atoms with van der Waals surface area (Å²) in [7, 11) is 0. The van der Waals surface area contributed by atoms with E-state index in [1.54, 1.807) is 6.07 Å².